The Hall–Kier alpha value is -0.764. The van der Waals surface area contributed by atoms with Crippen molar-refractivity contribution in [1.82, 2.24) is 4.98 Å². The van der Waals surface area contributed by atoms with Gasteiger partial charge in [0, 0.05) is 26.3 Å². The number of aromatic nitrogens is 1. The standard InChI is InChI=1S/C22H30NSi.Ir/c1-21(2)11-12-22(3,4)19-14-16(8-9-18(19)21)20-15-17(10-13-23-20)24(5,6)7;/h9-10,13-15H,11-12H2,1-7H3;/q-1;. The molecule has 0 spiro atoms. The summed E-state index contributed by atoms with van der Waals surface area (Å²) in [5, 5.41) is 1.46. The van der Waals surface area contributed by atoms with E-state index in [2.05, 4.69) is 82.7 Å². The summed E-state index contributed by atoms with van der Waals surface area (Å²) in [7, 11) is -1.33. The summed E-state index contributed by atoms with van der Waals surface area (Å²) in [5.41, 5.74) is 5.62. The molecule has 2 aromatic rings. The van der Waals surface area contributed by atoms with E-state index in [1.165, 1.54) is 29.2 Å². The van der Waals surface area contributed by atoms with Gasteiger partial charge in [-0.3, -0.25) is 0 Å². The van der Waals surface area contributed by atoms with Crippen molar-refractivity contribution in [3.8, 4) is 11.3 Å². The zero-order valence-corrected chi connectivity index (χ0v) is 20.0. The Morgan fingerprint density at radius 3 is 2.16 bits per heavy atom. The van der Waals surface area contributed by atoms with Crippen molar-refractivity contribution < 1.29 is 20.1 Å². The number of rotatable bonds is 2. The van der Waals surface area contributed by atoms with Gasteiger partial charge in [0.15, 0.2) is 0 Å². The third-order valence-corrected chi connectivity index (χ3v) is 7.73. The van der Waals surface area contributed by atoms with Crippen LogP contribution in [0.5, 0.6) is 0 Å². The van der Waals surface area contributed by atoms with Crippen LogP contribution >= 0.6 is 0 Å². The molecule has 1 aromatic heterocycles. The van der Waals surface area contributed by atoms with Gasteiger partial charge in [0.05, 0.1) is 8.07 Å². The SMILES string of the molecule is CC1(C)CCC(C)(C)c2cc(-c3cc([Si](C)(C)C)ccn3)[c-]cc21.[Ir]. The van der Waals surface area contributed by atoms with Crippen molar-refractivity contribution in [3.63, 3.8) is 0 Å². The summed E-state index contributed by atoms with van der Waals surface area (Å²) >= 11 is 0. The molecule has 0 N–H and O–H groups in total. The molecular formula is C22H30IrNSi-. The molecule has 0 unspecified atom stereocenters. The topological polar surface area (TPSA) is 12.9 Å². The second-order valence-electron chi connectivity index (χ2n) is 9.62. The van der Waals surface area contributed by atoms with Crippen molar-refractivity contribution in [1.29, 1.82) is 0 Å². The predicted molar refractivity (Wildman–Crippen MR) is 107 cm³/mol. The normalized spacial score (nSPS) is 18.2. The van der Waals surface area contributed by atoms with E-state index in [0.29, 0.717) is 0 Å². The van der Waals surface area contributed by atoms with Crippen LogP contribution in [0, 0.1) is 6.07 Å². The molecule has 25 heavy (non-hydrogen) atoms. The third kappa shape index (κ3) is 3.99. The van der Waals surface area contributed by atoms with E-state index in [9.17, 15) is 0 Å². The minimum atomic E-state index is -1.33. The molecule has 0 amide bonds. The zero-order valence-electron chi connectivity index (χ0n) is 16.6. The molecule has 137 valence electrons. The maximum atomic E-state index is 4.65. The van der Waals surface area contributed by atoms with Crippen LogP contribution in [0.1, 0.15) is 51.7 Å². The molecule has 0 fully saturated rings. The van der Waals surface area contributed by atoms with E-state index < -0.39 is 8.07 Å². The first-order valence-electron chi connectivity index (χ1n) is 9.04. The average Bonchev–Trinajstić information content (AvgIpc) is 2.51. The van der Waals surface area contributed by atoms with Crippen molar-refractivity contribution in [3.05, 3.63) is 47.7 Å². The molecule has 1 nitrogen and oxygen atoms in total. The van der Waals surface area contributed by atoms with Gasteiger partial charge < -0.3 is 4.98 Å². The molecule has 0 bridgehead atoms. The quantitative estimate of drug-likeness (QED) is 0.374. The summed E-state index contributed by atoms with van der Waals surface area (Å²) in [4.78, 5) is 4.65. The molecule has 3 rings (SSSR count). The largest absolute Gasteiger partial charge is 0.305 e. The fourth-order valence-electron chi connectivity index (χ4n) is 3.70. The minimum Gasteiger partial charge on any atom is -0.305 e. The average molecular weight is 529 g/mol. The van der Waals surface area contributed by atoms with E-state index in [-0.39, 0.29) is 30.9 Å². The van der Waals surface area contributed by atoms with E-state index in [1.54, 1.807) is 0 Å². The Bertz CT molecular complexity index is 772. The van der Waals surface area contributed by atoms with E-state index in [0.717, 1.165) is 11.3 Å². The van der Waals surface area contributed by atoms with Crippen LogP contribution in [-0.4, -0.2) is 13.1 Å². The smallest absolute Gasteiger partial charge is 0.0767 e. The van der Waals surface area contributed by atoms with Crippen LogP contribution in [0.3, 0.4) is 0 Å². The van der Waals surface area contributed by atoms with Crippen molar-refractivity contribution in [2.24, 2.45) is 0 Å². The van der Waals surface area contributed by atoms with Crippen LogP contribution in [0.25, 0.3) is 11.3 Å². The number of hydrogen-bond acceptors (Lipinski definition) is 1. The second kappa shape index (κ2) is 6.76. The number of benzene rings is 1. The first-order valence-corrected chi connectivity index (χ1v) is 12.5. The third-order valence-electron chi connectivity index (χ3n) is 5.69. The molecule has 1 aliphatic rings. The van der Waals surface area contributed by atoms with Crippen molar-refractivity contribution in [2.45, 2.75) is 71.0 Å². The number of nitrogens with zero attached hydrogens (tertiary/aromatic N) is 1. The molecule has 0 aliphatic heterocycles. The van der Waals surface area contributed by atoms with Crippen LogP contribution in [0.2, 0.25) is 19.6 Å². The first-order chi connectivity index (χ1) is 11.0. The van der Waals surface area contributed by atoms with E-state index in [4.69, 9.17) is 0 Å². The first kappa shape index (κ1) is 20.5. The van der Waals surface area contributed by atoms with Crippen molar-refractivity contribution >= 4 is 13.3 Å². The summed E-state index contributed by atoms with van der Waals surface area (Å²) < 4.78 is 0. The number of pyridine rings is 1. The van der Waals surface area contributed by atoms with Gasteiger partial charge in [-0.2, -0.15) is 0 Å². The molecule has 3 heteroatoms. The fraction of sp³-hybridized carbons (Fsp3) is 0.500. The molecular weight excluding hydrogens is 499 g/mol. The Morgan fingerprint density at radius 2 is 1.56 bits per heavy atom. The van der Waals surface area contributed by atoms with Gasteiger partial charge in [-0.1, -0.05) is 65.0 Å². The Balaban J connectivity index is 0.00000225. The van der Waals surface area contributed by atoms with Crippen LogP contribution in [0.4, 0.5) is 0 Å². The van der Waals surface area contributed by atoms with Crippen molar-refractivity contribution in [2.75, 3.05) is 0 Å². The summed E-state index contributed by atoms with van der Waals surface area (Å²) in [6.45, 7) is 16.6. The second-order valence-corrected chi connectivity index (χ2v) is 14.7. The Morgan fingerprint density at radius 1 is 0.960 bits per heavy atom. The monoisotopic (exact) mass is 529 g/mol. The van der Waals surface area contributed by atoms with Gasteiger partial charge in [0.25, 0.3) is 0 Å². The molecule has 1 radical (unpaired) electrons. The molecule has 1 aliphatic carbocycles. The van der Waals surface area contributed by atoms with Gasteiger partial charge in [-0.05, 0) is 29.0 Å². The van der Waals surface area contributed by atoms with Crippen LogP contribution in [-0.2, 0) is 30.9 Å². The Labute approximate surface area is 168 Å². The molecule has 0 atom stereocenters. The van der Waals surface area contributed by atoms with E-state index >= 15 is 0 Å². The molecule has 1 heterocycles. The maximum Gasteiger partial charge on any atom is 0.0767 e. The maximum absolute atomic E-state index is 4.65. The molecule has 0 saturated carbocycles. The Kier molecular flexibility index (Phi) is 5.55. The van der Waals surface area contributed by atoms with Gasteiger partial charge in [0.1, 0.15) is 0 Å². The number of fused-ring (bicyclic) bond motifs is 1. The summed E-state index contributed by atoms with van der Waals surface area (Å²) in [6, 6.07) is 12.6. The van der Waals surface area contributed by atoms with Crippen LogP contribution < -0.4 is 5.19 Å². The fourth-order valence-corrected chi connectivity index (χ4v) is 4.84. The van der Waals surface area contributed by atoms with Gasteiger partial charge in [0.2, 0.25) is 0 Å². The summed E-state index contributed by atoms with van der Waals surface area (Å²) in [6.07, 6.45) is 4.44. The number of hydrogen-bond donors (Lipinski definition) is 0. The van der Waals surface area contributed by atoms with Crippen LogP contribution in [0.15, 0.2) is 30.5 Å². The summed E-state index contributed by atoms with van der Waals surface area (Å²) in [5.74, 6) is 0. The van der Waals surface area contributed by atoms with Gasteiger partial charge in [-0.15, -0.1) is 34.9 Å². The zero-order chi connectivity index (χ0) is 17.8. The molecule has 1 aromatic carbocycles. The van der Waals surface area contributed by atoms with Gasteiger partial charge >= 0.3 is 0 Å². The predicted octanol–water partition coefficient (Wildman–Crippen LogP) is 5.44. The van der Waals surface area contributed by atoms with Gasteiger partial charge in [-0.25, -0.2) is 0 Å². The van der Waals surface area contributed by atoms with E-state index in [1.807, 2.05) is 6.20 Å². The molecule has 0 saturated heterocycles. The minimum absolute atomic E-state index is 0.